The SMILES string of the molecule is CC[C@@H](C(=O)NC1CCCCC1)N(Cc1ccc(OC)cc1)C(=O)CSc1ccc(C)cc1. The number of aryl methyl sites for hydroxylation is 1. The van der Waals surface area contributed by atoms with Gasteiger partial charge < -0.3 is 15.0 Å². The molecule has 0 unspecified atom stereocenters. The lowest BCUT2D eigenvalue weighted by atomic mass is 9.95. The van der Waals surface area contributed by atoms with Crippen molar-refractivity contribution < 1.29 is 14.3 Å². The number of methoxy groups -OCH3 is 1. The van der Waals surface area contributed by atoms with Crippen molar-refractivity contribution in [1.82, 2.24) is 10.2 Å². The Bertz CT molecular complexity index is 893. The Labute approximate surface area is 202 Å². The molecule has 33 heavy (non-hydrogen) atoms. The number of hydrogen-bond donors (Lipinski definition) is 1. The maximum absolute atomic E-state index is 13.4. The number of hydrogen-bond acceptors (Lipinski definition) is 4. The number of thioether (sulfide) groups is 1. The van der Waals surface area contributed by atoms with Gasteiger partial charge in [-0.05, 0) is 56.0 Å². The summed E-state index contributed by atoms with van der Waals surface area (Å²) in [5.41, 5.74) is 2.17. The summed E-state index contributed by atoms with van der Waals surface area (Å²) in [4.78, 5) is 29.5. The standard InChI is InChI=1S/C27H36N2O3S/c1-4-25(27(31)28-22-8-6-5-7-9-22)29(18-21-12-14-23(32-3)15-13-21)26(30)19-33-24-16-10-20(2)11-17-24/h10-17,22,25H,4-9,18-19H2,1-3H3,(H,28,31)/t25-/m0/s1. The zero-order chi connectivity index (χ0) is 23.6. The highest BCUT2D eigenvalue weighted by Crippen LogP contribution is 2.23. The van der Waals surface area contributed by atoms with Crippen LogP contribution in [0.15, 0.2) is 53.4 Å². The first kappa shape index (κ1) is 25.2. The minimum atomic E-state index is -0.486. The Morgan fingerprint density at radius 1 is 1.06 bits per heavy atom. The van der Waals surface area contributed by atoms with Crippen molar-refractivity contribution in [3.8, 4) is 5.75 Å². The van der Waals surface area contributed by atoms with Crippen molar-refractivity contribution in [3.63, 3.8) is 0 Å². The van der Waals surface area contributed by atoms with E-state index in [1.165, 1.54) is 23.7 Å². The van der Waals surface area contributed by atoms with Crippen LogP contribution in [-0.4, -0.2) is 41.7 Å². The smallest absolute Gasteiger partial charge is 0.243 e. The number of ether oxygens (including phenoxy) is 1. The molecule has 0 bridgehead atoms. The number of benzene rings is 2. The van der Waals surface area contributed by atoms with E-state index >= 15 is 0 Å². The van der Waals surface area contributed by atoms with Gasteiger partial charge in [0, 0.05) is 17.5 Å². The normalized spacial score (nSPS) is 15.0. The second-order valence-electron chi connectivity index (χ2n) is 8.74. The molecular weight excluding hydrogens is 432 g/mol. The van der Waals surface area contributed by atoms with Crippen LogP contribution in [0.3, 0.4) is 0 Å². The van der Waals surface area contributed by atoms with E-state index in [4.69, 9.17) is 4.74 Å². The molecule has 1 aliphatic rings. The fourth-order valence-electron chi connectivity index (χ4n) is 4.25. The maximum Gasteiger partial charge on any atom is 0.243 e. The average molecular weight is 469 g/mol. The second-order valence-corrected chi connectivity index (χ2v) is 9.79. The molecule has 5 nitrogen and oxygen atoms in total. The maximum atomic E-state index is 13.4. The van der Waals surface area contributed by atoms with Crippen molar-refractivity contribution in [2.45, 2.75) is 75.9 Å². The summed E-state index contributed by atoms with van der Waals surface area (Å²) >= 11 is 1.51. The number of nitrogens with zero attached hydrogens (tertiary/aromatic N) is 1. The highest BCUT2D eigenvalue weighted by molar-refractivity contribution is 8.00. The summed E-state index contributed by atoms with van der Waals surface area (Å²) in [7, 11) is 1.63. The lowest BCUT2D eigenvalue weighted by molar-refractivity contribution is -0.139. The fourth-order valence-corrected chi connectivity index (χ4v) is 5.04. The zero-order valence-electron chi connectivity index (χ0n) is 20.0. The molecule has 1 fully saturated rings. The fraction of sp³-hybridized carbons (Fsp3) is 0.481. The topological polar surface area (TPSA) is 58.6 Å². The molecule has 2 aromatic carbocycles. The van der Waals surface area contributed by atoms with Gasteiger partial charge in [-0.2, -0.15) is 0 Å². The molecule has 178 valence electrons. The van der Waals surface area contributed by atoms with Crippen LogP contribution in [0.5, 0.6) is 5.75 Å². The van der Waals surface area contributed by atoms with Gasteiger partial charge in [0.1, 0.15) is 11.8 Å². The molecule has 2 aromatic rings. The molecule has 3 rings (SSSR count). The molecule has 6 heteroatoms. The van der Waals surface area contributed by atoms with E-state index in [-0.39, 0.29) is 17.9 Å². The quantitative estimate of drug-likeness (QED) is 0.478. The minimum Gasteiger partial charge on any atom is -0.497 e. The molecule has 0 aliphatic heterocycles. The molecule has 1 saturated carbocycles. The summed E-state index contributed by atoms with van der Waals surface area (Å²) in [5.74, 6) is 1.01. The van der Waals surface area contributed by atoms with Gasteiger partial charge in [0.15, 0.2) is 0 Å². The minimum absolute atomic E-state index is 0.0259. The molecule has 1 atom stereocenters. The molecule has 0 spiro atoms. The van der Waals surface area contributed by atoms with E-state index in [1.54, 1.807) is 12.0 Å². The molecule has 1 N–H and O–H groups in total. The third kappa shape index (κ3) is 7.53. The van der Waals surface area contributed by atoms with Gasteiger partial charge in [-0.1, -0.05) is 56.0 Å². The van der Waals surface area contributed by atoms with Gasteiger partial charge in [0.25, 0.3) is 0 Å². The van der Waals surface area contributed by atoms with Crippen molar-refractivity contribution >= 4 is 23.6 Å². The zero-order valence-corrected chi connectivity index (χ0v) is 20.8. The van der Waals surface area contributed by atoms with Gasteiger partial charge >= 0.3 is 0 Å². The van der Waals surface area contributed by atoms with E-state index in [2.05, 4.69) is 5.32 Å². The van der Waals surface area contributed by atoms with Crippen LogP contribution in [0.25, 0.3) is 0 Å². The summed E-state index contributed by atoms with van der Waals surface area (Å²) in [6.07, 6.45) is 6.18. The Morgan fingerprint density at radius 2 is 1.73 bits per heavy atom. The van der Waals surface area contributed by atoms with Gasteiger partial charge in [0.2, 0.25) is 11.8 Å². The number of rotatable bonds is 10. The van der Waals surface area contributed by atoms with Crippen LogP contribution in [0.2, 0.25) is 0 Å². The van der Waals surface area contributed by atoms with Crippen LogP contribution < -0.4 is 10.1 Å². The van der Waals surface area contributed by atoms with Crippen LogP contribution in [0.4, 0.5) is 0 Å². The second kappa shape index (κ2) is 12.7. The largest absolute Gasteiger partial charge is 0.497 e. The first-order valence-corrected chi connectivity index (χ1v) is 12.9. The summed E-state index contributed by atoms with van der Waals surface area (Å²) in [6, 6.07) is 15.6. The molecule has 0 aromatic heterocycles. The summed E-state index contributed by atoms with van der Waals surface area (Å²) < 4.78 is 5.26. The molecule has 1 aliphatic carbocycles. The van der Waals surface area contributed by atoms with Crippen molar-refractivity contribution in [2.75, 3.05) is 12.9 Å². The predicted molar refractivity (Wildman–Crippen MR) is 135 cm³/mol. The van der Waals surface area contributed by atoms with E-state index in [1.807, 2.05) is 62.4 Å². The highest BCUT2D eigenvalue weighted by Gasteiger charge is 2.30. The number of carbonyl (C=O) groups excluding carboxylic acids is 2. The Balaban J connectivity index is 1.74. The number of nitrogens with one attached hydrogen (secondary N) is 1. The number of amides is 2. The molecule has 0 radical (unpaired) electrons. The number of carbonyl (C=O) groups is 2. The Morgan fingerprint density at radius 3 is 2.33 bits per heavy atom. The van der Waals surface area contributed by atoms with E-state index < -0.39 is 6.04 Å². The monoisotopic (exact) mass is 468 g/mol. The van der Waals surface area contributed by atoms with Gasteiger partial charge in [-0.3, -0.25) is 9.59 Å². The van der Waals surface area contributed by atoms with Crippen LogP contribution in [0, 0.1) is 6.92 Å². The van der Waals surface area contributed by atoms with Crippen molar-refractivity contribution in [1.29, 1.82) is 0 Å². The third-order valence-corrected chi connectivity index (χ3v) is 7.23. The lowest BCUT2D eigenvalue weighted by Crippen LogP contribution is -2.52. The van der Waals surface area contributed by atoms with Gasteiger partial charge in [-0.15, -0.1) is 11.8 Å². The predicted octanol–water partition coefficient (Wildman–Crippen LogP) is 5.35. The van der Waals surface area contributed by atoms with Crippen LogP contribution in [-0.2, 0) is 16.1 Å². The summed E-state index contributed by atoms with van der Waals surface area (Å²) in [6.45, 7) is 4.42. The molecule has 0 heterocycles. The highest BCUT2D eigenvalue weighted by atomic mass is 32.2. The summed E-state index contributed by atoms with van der Waals surface area (Å²) in [5, 5.41) is 3.23. The van der Waals surface area contributed by atoms with E-state index in [9.17, 15) is 9.59 Å². The van der Waals surface area contributed by atoms with Crippen molar-refractivity contribution in [2.24, 2.45) is 0 Å². The Kier molecular flexibility index (Phi) is 9.67. The van der Waals surface area contributed by atoms with Crippen LogP contribution in [0.1, 0.15) is 56.6 Å². The molecule has 0 saturated heterocycles. The Hall–Kier alpha value is -2.47. The van der Waals surface area contributed by atoms with Crippen molar-refractivity contribution in [3.05, 3.63) is 59.7 Å². The van der Waals surface area contributed by atoms with Crippen LogP contribution >= 0.6 is 11.8 Å². The lowest BCUT2D eigenvalue weighted by Gasteiger charge is -2.32. The molecule has 2 amide bonds. The first-order valence-electron chi connectivity index (χ1n) is 11.9. The first-order chi connectivity index (χ1) is 16.0. The van der Waals surface area contributed by atoms with Gasteiger partial charge in [-0.25, -0.2) is 0 Å². The molecular formula is C27H36N2O3S. The van der Waals surface area contributed by atoms with Gasteiger partial charge in [0.05, 0.1) is 12.9 Å². The average Bonchev–Trinajstić information content (AvgIpc) is 2.84. The third-order valence-electron chi connectivity index (χ3n) is 6.23. The van der Waals surface area contributed by atoms with E-state index in [0.717, 1.165) is 41.9 Å². The van der Waals surface area contributed by atoms with E-state index in [0.29, 0.717) is 18.7 Å².